The van der Waals surface area contributed by atoms with E-state index in [0.717, 1.165) is 56.5 Å². The van der Waals surface area contributed by atoms with Crippen LogP contribution in [0.25, 0.3) is 0 Å². The Labute approximate surface area is 201 Å². The van der Waals surface area contributed by atoms with Crippen molar-refractivity contribution in [2.24, 2.45) is 0 Å². The molecule has 2 aliphatic rings. The molecule has 1 aliphatic heterocycles. The van der Waals surface area contributed by atoms with Gasteiger partial charge in [-0.25, -0.2) is 4.39 Å². The van der Waals surface area contributed by atoms with Crippen LogP contribution in [-0.2, 0) is 4.79 Å². The lowest BCUT2D eigenvalue weighted by Gasteiger charge is -2.23. The van der Waals surface area contributed by atoms with Gasteiger partial charge in [-0.2, -0.15) is 0 Å². The number of hydrogen-bond acceptors (Lipinski definition) is 5. The average Bonchev–Trinajstić information content (AvgIpc) is 3.32. The highest BCUT2D eigenvalue weighted by atomic mass is 19.1. The quantitative estimate of drug-likeness (QED) is 0.517. The van der Waals surface area contributed by atoms with Crippen molar-refractivity contribution >= 4 is 5.91 Å². The molecule has 4 rings (SSSR count). The highest BCUT2D eigenvalue weighted by Crippen LogP contribution is 2.36. The van der Waals surface area contributed by atoms with Crippen molar-refractivity contribution in [2.45, 2.75) is 63.1 Å². The van der Waals surface area contributed by atoms with Gasteiger partial charge in [0.1, 0.15) is 5.75 Å². The van der Waals surface area contributed by atoms with Crippen LogP contribution in [0.4, 0.5) is 4.39 Å². The van der Waals surface area contributed by atoms with Crippen molar-refractivity contribution < 1.29 is 18.7 Å². The highest BCUT2D eigenvalue weighted by molar-refractivity contribution is 5.77. The predicted octanol–water partition coefficient (Wildman–Crippen LogP) is 4.07. The van der Waals surface area contributed by atoms with Crippen molar-refractivity contribution in [1.82, 2.24) is 16.0 Å². The normalized spacial score (nSPS) is 21.7. The van der Waals surface area contributed by atoms with E-state index >= 15 is 0 Å². The van der Waals surface area contributed by atoms with Crippen LogP contribution in [0.3, 0.4) is 0 Å². The minimum Gasteiger partial charge on any atom is -0.494 e. The maximum atomic E-state index is 13.7. The molecule has 3 atom stereocenters. The second-order valence-corrected chi connectivity index (χ2v) is 9.44. The first-order valence-corrected chi connectivity index (χ1v) is 12.3. The first kappa shape index (κ1) is 24.5. The van der Waals surface area contributed by atoms with Gasteiger partial charge in [-0.15, -0.1) is 0 Å². The fraction of sp³-hybridized carbons (Fsp3) is 0.519. The number of amides is 1. The Morgan fingerprint density at radius 2 is 1.85 bits per heavy atom. The number of rotatable bonds is 9. The molecule has 3 N–H and O–H groups in total. The lowest BCUT2D eigenvalue weighted by Crippen LogP contribution is -2.44. The van der Waals surface area contributed by atoms with Gasteiger partial charge in [0.25, 0.3) is 5.91 Å². The third kappa shape index (κ3) is 6.48. The fourth-order valence-electron chi connectivity index (χ4n) is 5.05. The first-order valence-electron chi connectivity index (χ1n) is 12.3. The van der Waals surface area contributed by atoms with Gasteiger partial charge in [0.15, 0.2) is 18.2 Å². The van der Waals surface area contributed by atoms with Gasteiger partial charge in [-0.3, -0.25) is 4.79 Å². The Morgan fingerprint density at radius 1 is 1.09 bits per heavy atom. The van der Waals surface area contributed by atoms with Crippen molar-refractivity contribution in [3.05, 3.63) is 59.4 Å². The number of halogens is 1. The number of nitrogens with one attached hydrogen (secondary N) is 3. The molecule has 0 unspecified atom stereocenters. The number of piperidine rings is 1. The number of benzene rings is 2. The Balaban J connectivity index is 1.23. The second kappa shape index (κ2) is 11.7. The van der Waals surface area contributed by atoms with Crippen molar-refractivity contribution in [1.29, 1.82) is 0 Å². The molecule has 0 bridgehead atoms. The molecule has 2 fully saturated rings. The summed E-state index contributed by atoms with van der Waals surface area (Å²) in [5.41, 5.74) is 2.32. The van der Waals surface area contributed by atoms with Crippen molar-refractivity contribution in [3.63, 3.8) is 0 Å². The molecule has 1 saturated heterocycles. The number of carbonyl (C=O) groups is 1. The summed E-state index contributed by atoms with van der Waals surface area (Å²) in [6, 6.07) is 14.0. The molecule has 1 saturated carbocycles. The first-order chi connectivity index (χ1) is 16.5. The van der Waals surface area contributed by atoms with Crippen LogP contribution in [0.2, 0.25) is 0 Å². The summed E-state index contributed by atoms with van der Waals surface area (Å²) in [6.07, 6.45) is 5.21. The van der Waals surface area contributed by atoms with Gasteiger partial charge in [0, 0.05) is 18.1 Å². The molecule has 2 aromatic carbocycles. The Hall–Kier alpha value is -2.64. The van der Waals surface area contributed by atoms with Crippen LogP contribution in [-0.4, -0.2) is 44.8 Å². The Kier molecular flexibility index (Phi) is 8.40. The van der Waals surface area contributed by atoms with Crippen LogP contribution in [0.1, 0.15) is 62.1 Å². The third-order valence-electron chi connectivity index (χ3n) is 7.02. The van der Waals surface area contributed by atoms with E-state index in [-0.39, 0.29) is 36.2 Å². The lowest BCUT2D eigenvalue weighted by molar-refractivity contribution is -0.123. The van der Waals surface area contributed by atoms with E-state index in [1.54, 1.807) is 6.07 Å². The molecule has 1 heterocycles. The number of ether oxygens (including phenoxy) is 2. The molecule has 34 heavy (non-hydrogen) atoms. The van der Waals surface area contributed by atoms with Gasteiger partial charge in [0.05, 0.1) is 7.11 Å². The van der Waals surface area contributed by atoms with Crippen molar-refractivity contribution in [2.75, 3.05) is 26.8 Å². The maximum absolute atomic E-state index is 13.7. The van der Waals surface area contributed by atoms with E-state index in [1.807, 2.05) is 18.2 Å². The smallest absolute Gasteiger partial charge is 0.258 e. The van der Waals surface area contributed by atoms with Crippen LogP contribution >= 0.6 is 0 Å². The Morgan fingerprint density at radius 3 is 2.59 bits per heavy atom. The summed E-state index contributed by atoms with van der Waals surface area (Å²) in [5, 5.41) is 10.0. The zero-order chi connectivity index (χ0) is 23.9. The number of carbonyl (C=O) groups excluding carboxylic acids is 1. The molecule has 1 amide bonds. The molecule has 6 nitrogen and oxygen atoms in total. The van der Waals surface area contributed by atoms with Gasteiger partial charge in [-0.05, 0) is 93.4 Å². The molecular weight excluding hydrogens is 433 g/mol. The molecule has 0 radical (unpaired) electrons. The molecule has 0 spiro atoms. The SMILES string of the molecule is COc1cc([C@@H](C)N[C@H]2CC[C@@H](c3ccc(OCC(=O)NC4CCNCC4)cc3)C2)ccc1F. The molecular formula is C27H36FN3O3. The number of hydrogen-bond donors (Lipinski definition) is 3. The summed E-state index contributed by atoms with van der Waals surface area (Å²) >= 11 is 0. The summed E-state index contributed by atoms with van der Waals surface area (Å²) in [4.78, 5) is 12.2. The van der Waals surface area contributed by atoms with E-state index in [2.05, 4.69) is 35.0 Å². The van der Waals surface area contributed by atoms with Gasteiger partial charge in [-0.1, -0.05) is 18.2 Å². The summed E-state index contributed by atoms with van der Waals surface area (Å²) in [6.45, 7) is 4.05. The fourth-order valence-corrected chi connectivity index (χ4v) is 5.05. The van der Waals surface area contributed by atoms with Crippen LogP contribution in [0.15, 0.2) is 42.5 Å². The lowest BCUT2D eigenvalue weighted by atomic mass is 9.97. The van der Waals surface area contributed by atoms with Gasteiger partial charge >= 0.3 is 0 Å². The molecule has 184 valence electrons. The zero-order valence-corrected chi connectivity index (χ0v) is 20.1. The third-order valence-corrected chi connectivity index (χ3v) is 7.02. The second-order valence-electron chi connectivity index (χ2n) is 9.44. The van der Waals surface area contributed by atoms with E-state index < -0.39 is 0 Å². The summed E-state index contributed by atoms with van der Waals surface area (Å²) < 4.78 is 24.5. The van der Waals surface area contributed by atoms with Gasteiger partial charge < -0.3 is 25.4 Å². The standard InChI is InChI=1S/C27H36FN3O3/c1-18(20-6-10-25(28)26(16-20)33-2)30-23-7-3-21(15-23)19-4-8-24(9-5-19)34-17-27(32)31-22-11-13-29-14-12-22/h4-6,8-10,16,18,21-23,29-30H,3,7,11-15,17H2,1-2H3,(H,31,32)/t18-,21-,23+/m1/s1. The van der Waals surface area contributed by atoms with Crippen LogP contribution in [0, 0.1) is 5.82 Å². The molecule has 2 aromatic rings. The number of methoxy groups -OCH3 is 1. The minimum atomic E-state index is -0.339. The molecule has 0 aromatic heterocycles. The Bertz CT molecular complexity index is 947. The zero-order valence-electron chi connectivity index (χ0n) is 20.1. The average molecular weight is 470 g/mol. The van der Waals surface area contributed by atoms with Crippen LogP contribution in [0.5, 0.6) is 11.5 Å². The topological polar surface area (TPSA) is 71.6 Å². The van der Waals surface area contributed by atoms with Crippen LogP contribution < -0.4 is 25.4 Å². The van der Waals surface area contributed by atoms with E-state index in [9.17, 15) is 9.18 Å². The molecule has 1 aliphatic carbocycles. The maximum Gasteiger partial charge on any atom is 0.258 e. The van der Waals surface area contributed by atoms with E-state index in [0.29, 0.717) is 12.0 Å². The minimum absolute atomic E-state index is 0.0464. The highest BCUT2D eigenvalue weighted by Gasteiger charge is 2.27. The summed E-state index contributed by atoms with van der Waals surface area (Å²) in [7, 11) is 1.49. The molecule has 7 heteroatoms. The predicted molar refractivity (Wildman–Crippen MR) is 131 cm³/mol. The van der Waals surface area contributed by atoms with Crippen molar-refractivity contribution in [3.8, 4) is 11.5 Å². The monoisotopic (exact) mass is 469 g/mol. The largest absolute Gasteiger partial charge is 0.494 e. The van der Waals surface area contributed by atoms with E-state index in [4.69, 9.17) is 9.47 Å². The summed E-state index contributed by atoms with van der Waals surface area (Å²) in [5.74, 6) is 1.09. The van der Waals surface area contributed by atoms with E-state index in [1.165, 1.54) is 18.7 Å². The van der Waals surface area contributed by atoms with Gasteiger partial charge in [0.2, 0.25) is 0 Å².